The molecule has 2 amide bonds. The van der Waals surface area contributed by atoms with Crippen LogP contribution in [-0.2, 0) is 17.8 Å². The number of nitrogens with one attached hydrogen (secondary N) is 1. The number of benzene rings is 2. The molecule has 1 aliphatic heterocycles. The van der Waals surface area contributed by atoms with Crippen LogP contribution >= 0.6 is 0 Å². The van der Waals surface area contributed by atoms with Crippen molar-refractivity contribution in [1.29, 1.82) is 0 Å². The summed E-state index contributed by atoms with van der Waals surface area (Å²) in [5, 5.41) is 2.81. The van der Waals surface area contributed by atoms with E-state index in [1.165, 1.54) is 12.1 Å². The Kier molecular flexibility index (Phi) is 5.43. The fraction of sp³-hybridized carbons (Fsp3) is 0.300. The van der Waals surface area contributed by atoms with Crippen molar-refractivity contribution in [2.45, 2.75) is 25.8 Å². The minimum atomic E-state index is -0.344. The van der Waals surface area contributed by atoms with Crippen LogP contribution < -0.4 is 5.32 Å². The van der Waals surface area contributed by atoms with Gasteiger partial charge in [0.15, 0.2) is 0 Å². The molecule has 2 aromatic rings. The maximum absolute atomic E-state index is 13.1. The molecule has 130 valence electrons. The number of nitrogens with zero attached hydrogens (tertiary/aromatic N) is 1. The lowest BCUT2D eigenvalue weighted by Gasteiger charge is -2.15. The Morgan fingerprint density at radius 1 is 1.00 bits per heavy atom. The second-order valence-corrected chi connectivity index (χ2v) is 6.28. The standard InChI is InChI=1S/C20H21FN2O2/c21-18-5-3-4-16(12-18)13-19(24)22-14-15-6-8-17(9-7-15)20(25)23-10-1-2-11-23/h3-9,12H,1-2,10-11,13-14H2,(H,22,24). The number of likely N-dealkylation sites (tertiary alicyclic amines) is 1. The Hall–Kier alpha value is -2.69. The molecule has 25 heavy (non-hydrogen) atoms. The number of carbonyl (C=O) groups is 2. The molecule has 3 rings (SSSR count). The number of amides is 2. The van der Waals surface area contributed by atoms with Gasteiger partial charge in [-0.3, -0.25) is 9.59 Å². The van der Waals surface area contributed by atoms with Crippen LogP contribution in [0.3, 0.4) is 0 Å². The molecule has 2 aromatic carbocycles. The van der Waals surface area contributed by atoms with E-state index in [4.69, 9.17) is 0 Å². The molecule has 0 spiro atoms. The first-order chi connectivity index (χ1) is 12.1. The van der Waals surface area contributed by atoms with Gasteiger partial charge in [-0.05, 0) is 48.2 Å². The van der Waals surface area contributed by atoms with Gasteiger partial charge in [-0.15, -0.1) is 0 Å². The van der Waals surface area contributed by atoms with Gasteiger partial charge in [-0.1, -0.05) is 24.3 Å². The average molecular weight is 340 g/mol. The summed E-state index contributed by atoms with van der Waals surface area (Å²) in [6.45, 7) is 2.04. The lowest BCUT2D eigenvalue weighted by molar-refractivity contribution is -0.120. The molecule has 1 saturated heterocycles. The number of hydrogen-bond acceptors (Lipinski definition) is 2. The Morgan fingerprint density at radius 3 is 2.40 bits per heavy atom. The molecule has 0 aliphatic carbocycles. The van der Waals surface area contributed by atoms with Crippen LogP contribution in [0.5, 0.6) is 0 Å². The van der Waals surface area contributed by atoms with Gasteiger partial charge in [0.1, 0.15) is 5.82 Å². The van der Waals surface area contributed by atoms with Crippen LogP contribution in [0.1, 0.15) is 34.3 Å². The molecule has 0 atom stereocenters. The molecule has 0 saturated carbocycles. The van der Waals surface area contributed by atoms with Crippen LogP contribution in [0.25, 0.3) is 0 Å². The van der Waals surface area contributed by atoms with Crippen molar-refractivity contribution in [3.05, 3.63) is 71.0 Å². The zero-order chi connectivity index (χ0) is 17.6. The second kappa shape index (κ2) is 7.92. The van der Waals surface area contributed by atoms with Crippen molar-refractivity contribution in [3.63, 3.8) is 0 Å². The van der Waals surface area contributed by atoms with Crippen molar-refractivity contribution in [1.82, 2.24) is 10.2 Å². The Labute approximate surface area is 146 Å². The molecule has 1 aliphatic rings. The third-order valence-electron chi connectivity index (χ3n) is 4.34. The first-order valence-electron chi connectivity index (χ1n) is 8.51. The molecular formula is C20H21FN2O2. The predicted octanol–water partition coefficient (Wildman–Crippen LogP) is 2.92. The first-order valence-corrected chi connectivity index (χ1v) is 8.51. The van der Waals surface area contributed by atoms with Gasteiger partial charge in [0.25, 0.3) is 5.91 Å². The molecule has 4 nitrogen and oxygen atoms in total. The summed E-state index contributed by atoms with van der Waals surface area (Å²) >= 11 is 0. The normalized spacial score (nSPS) is 13.7. The van der Waals surface area contributed by atoms with E-state index < -0.39 is 0 Å². The minimum Gasteiger partial charge on any atom is -0.352 e. The highest BCUT2D eigenvalue weighted by Crippen LogP contribution is 2.13. The largest absolute Gasteiger partial charge is 0.352 e. The van der Waals surface area contributed by atoms with Crippen molar-refractivity contribution < 1.29 is 14.0 Å². The predicted molar refractivity (Wildman–Crippen MR) is 93.5 cm³/mol. The van der Waals surface area contributed by atoms with Gasteiger partial charge in [0.05, 0.1) is 6.42 Å². The molecule has 0 bridgehead atoms. The minimum absolute atomic E-state index is 0.0687. The molecular weight excluding hydrogens is 319 g/mol. The number of rotatable bonds is 5. The summed E-state index contributed by atoms with van der Waals surface area (Å²) < 4.78 is 13.1. The van der Waals surface area contributed by atoms with Gasteiger partial charge in [0, 0.05) is 25.2 Å². The summed E-state index contributed by atoms with van der Waals surface area (Å²) in [5.74, 6) is -0.439. The van der Waals surface area contributed by atoms with Crippen LogP contribution in [0.15, 0.2) is 48.5 Å². The zero-order valence-electron chi connectivity index (χ0n) is 14.0. The first kappa shape index (κ1) is 17.1. The smallest absolute Gasteiger partial charge is 0.253 e. The van der Waals surface area contributed by atoms with Gasteiger partial charge < -0.3 is 10.2 Å². The highest BCUT2D eigenvalue weighted by Gasteiger charge is 2.19. The summed E-state index contributed by atoms with van der Waals surface area (Å²) in [4.78, 5) is 26.1. The maximum atomic E-state index is 13.1. The molecule has 1 fully saturated rings. The van der Waals surface area contributed by atoms with Crippen molar-refractivity contribution in [3.8, 4) is 0 Å². The van der Waals surface area contributed by atoms with E-state index >= 15 is 0 Å². The van der Waals surface area contributed by atoms with Gasteiger partial charge in [0.2, 0.25) is 5.91 Å². The van der Waals surface area contributed by atoms with E-state index in [9.17, 15) is 14.0 Å². The number of hydrogen-bond donors (Lipinski definition) is 1. The summed E-state index contributed by atoms with van der Waals surface area (Å²) in [5.41, 5.74) is 2.24. The molecule has 0 unspecified atom stereocenters. The maximum Gasteiger partial charge on any atom is 0.253 e. The van der Waals surface area contributed by atoms with Crippen molar-refractivity contribution >= 4 is 11.8 Å². The second-order valence-electron chi connectivity index (χ2n) is 6.28. The van der Waals surface area contributed by atoms with E-state index in [2.05, 4.69) is 5.32 Å². The van der Waals surface area contributed by atoms with Crippen LogP contribution in [0, 0.1) is 5.82 Å². The molecule has 1 heterocycles. The molecule has 0 aromatic heterocycles. The van der Waals surface area contributed by atoms with Gasteiger partial charge >= 0.3 is 0 Å². The Bertz CT molecular complexity index is 753. The molecule has 0 radical (unpaired) electrons. The lowest BCUT2D eigenvalue weighted by Crippen LogP contribution is -2.27. The van der Waals surface area contributed by atoms with E-state index in [0.717, 1.165) is 31.5 Å². The van der Waals surface area contributed by atoms with Crippen LogP contribution in [-0.4, -0.2) is 29.8 Å². The lowest BCUT2D eigenvalue weighted by atomic mass is 10.1. The zero-order valence-corrected chi connectivity index (χ0v) is 14.0. The van der Waals surface area contributed by atoms with Gasteiger partial charge in [-0.25, -0.2) is 4.39 Å². The van der Waals surface area contributed by atoms with E-state index in [-0.39, 0.29) is 24.1 Å². The summed E-state index contributed by atoms with van der Waals surface area (Å²) in [7, 11) is 0. The highest BCUT2D eigenvalue weighted by atomic mass is 19.1. The van der Waals surface area contributed by atoms with E-state index in [1.807, 2.05) is 17.0 Å². The Balaban J connectivity index is 1.51. The molecule has 1 N–H and O–H groups in total. The van der Waals surface area contributed by atoms with Crippen molar-refractivity contribution in [2.24, 2.45) is 0 Å². The van der Waals surface area contributed by atoms with E-state index in [0.29, 0.717) is 17.7 Å². The topological polar surface area (TPSA) is 49.4 Å². The van der Waals surface area contributed by atoms with Crippen LogP contribution in [0.2, 0.25) is 0 Å². The summed E-state index contributed by atoms with van der Waals surface area (Å²) in [6.07, 6.45) is 2.28. The summed E-state index contributed by atoms with van der Waals surface area (Å²) in [6, 6.07) is 13.3. The van der Waals surface area contributed by atoms with Gasteiger partial charge in [-0.2, -0.15) is 0 Å². The van der Waals surface area contributed by atoms with Crippen LogP contribution in [0.4, 0.5) is 4.39 Å². The SMILES string of the molecule is O=C(Cc1cccc(F)c1)NCc1ccc(C(=O)N2CCCC2)cc1. The third kappa shape index (κ3) is 4.66. The fourth-order valence-corrected chi connectivity index (χ4v) is 2.96. The Morgan fingerprint density at radius 2 is 1.72 bits per heavy atom. The van der Waals surface area contributed by atoms with Crippen molar-refractivity contribution in [2.75, 3.05) is 13.1 Å². The monoisotopic (exact) mass is 340 g/mol. The number of halogens is 1. The average Bonchev–Trinajstić information content (AvgIpc) is 3.14. The molecule has 5 heteroatoms. The number of carbonyl (C=O) groups excluding carboxylic acids is 2. The fourth-order valence-electron chi connectivity index (χ4n) is 2.96. The highest BCUT2D eigenvalue weighted by molar-refractivity contribution is 5.94. The quantitative estimate of drug-likeness (QED) is 0.910. The van der Waals surface area contributed by atoms with E-state index in [1.54, 1.807) is 24.3 Å². The third-order valence-corrected chi connectivity index (χ3v) is 4.34.